The molecule has 9 heteroatoms. The van der Waals surface area contributed by atoms with Crippen LogP contribution in [0.3, 0.4) is 0 Å². The van der Waals surface area contributed by atoms with Crippen LogP contribution >= 0.6 is 11.3 Å². The first-order chi connectivity index (χ1) is 25.4. The molecule has 0 atom stereocenters. The van der Waals surface area contributed by atoms with Gasteiger partial charge in [0.15, 0.2) is 9.84 Å². The molecule has 0 fully saturated rings. The fourth-order valence-corrected chi connectivity index (χ4v) is 9.81. The zero-order valence-corrected chi connectivity index (χ0v) is 30.1. The molecular formula is C43H35FN4O2S2. The van der Waals surface area contributed by atoms with Crippen LogP contribution in [0.5, 0.6) is 0 Å². The van der Waals surface area contributed by atoms with E-state index in [1.807, 2.05) is 95.0 Å². The van der Waals surface area contributed by atoms with Gasteiger partial charge in [-0.15, -0.1) is 11.3 Å². The molecule has 258 valence electrons. The van der Waals surface area contributed by atoms with Gasteiger partial charge in [-0.25, -0.2) is 17.8 Å². The highest BCUT2D eigenvalue weighted by atomic mass is 32.2. The van der Waals surface area contributed by atoms with Crippen molar-refractivity contribution < 1.29 is 12.8 Å². The van der Waals surface area contributed by atoms with Gasteiger partial charge in [0.1, 0.15) is 26.9 Å². The number of benzene rings is 4. The Balaban J connectivity index is 1.36. The van der Waals surface area contributed by atoms with Gasteiger partial charge in [0.2, 0.25) is 0 Å². The third-order valence-corrected chi connectivity index (χ3v) is 13.0. The van der Waals surface area contributed by atoms with Crippen LogP contribution in [0.1, 0.15) is 36.5 Å². The predicted octanol–water partition coefficient (Wildman–Crippen LogP) is 10.1. The van der Waals surface area contributed by atoms with Crippen LogP contribution < -0.4 is 0 Å². The molecule has 6 nitrogen and oxygen atoms in total. The number of hydrogen-bond donors (Lipinski definition) is 0. The molecule has 4 aromatic heterocycles. The largest absolute Gasteiger partial charge is 0.298 e. The summed E-state index contributed by atoms with van der Waals surface area (Å²) in [4.78, 5) is 5.47. The number of fused-ring (bicyclic) bond motifs is 1. The molecular weight excluding hydrogens is 688 g/mol. The highest BCUT2D eigenvalue weighted by molar-refractivity contribution is 7.93. The van der Waals surface area contributed by atoms with Crippen molar-refractivity contribution >= 4 is 26.8 Å². The fourth-order valence-electron chi connectivity index (χ4n) is 6.89. The molecule has 8 rings (SSSR count). The zero-order valence-electron chi connectivity index (χ0n) is 28.4. The Kier molecular flexibility index (Phi) is 8.90. The van der Waals surface area contributed by atoms with Crippen LogP contribution in [0.25, 0.3) is 38.6 Å². The summed E-state index contributed by atoms with van der Waals surface area (Å²) >= 11 is 1.27. The lowest BCUT2D eigenvalue weighted by Gasteiger charge is -2.36. The minimum absolute atomic E-state index is 0.132. The number of imidazole rings is 1. The average molecular weight is 723 g/mol. The second-order valence-electron chi connectivity index (χ2n) is 12.7. The Morgan fingerprint density at radius 3 is 1.90 bits per heavy atom. The quantitative estimate of drug-likeness (QED) is 0.125. The third-order valence-electron chi connectivity index (χ3n) is 9.47. The lowest BCUT2D eigenvalue weighted by molar-refractivity contribution is 0.461. The lowest BCUT2D eigenvalue weighted by Crippen LogP contribution is -2.38. The molecule has 0 N–H and O–H groups in total. The summed E-state index contributed by atoms with van der Waals surface area (Å²) in [6.45, 7) is 1.99. The van der Waals surface area contributed by atoms with E-state index >= 15 is 0 Å². The van der Waals surface area contributed by atoms with Gasteiger partial charge in [0, 0.05) is 29.1 Å². The summed E-state index contributed by atoms with van der Waals surface area (Å²) in [5.41, 5.74) is 6.91. The minimum atomic E-state index is -3.37. The van der Waals surface area contributed by atoms with Gasteiger partial charge in [-0.1, -0.05) is 104 Å². The maximum absolute atomic E-state index is 14.3. The van der Waals surface area contributed by atoms with Crippen molar-refractivity contribution in [3.05, 3.63) is 181 Å². The molecule has 0 aliphatic carbocycles. The highest BCUT2D eigenvalue weighted by Gasteiger charge is 2.40. The first kappa shape index (κ1) is 33.5. The number of thiophene rings is 1. The van der Waals surface area contributed by atoms with Crippen molar-refractivity contribution in [2.24, 2.45) is 0 Å². The van der Waals surface area contributed by atoms with Crippen molar-refractivity contribution in [2.45, 2.75) is 29.5 Å². The summed E-state index contributed by atoms with van der Waals surface area (Å²) in [5, 5.41) is 5.40. The van der Waals surface area contributed by atoms with Crippen LogP contribution in [0.2, 0.25) is 0 Å². The number of aromatic nitrogens is 4. The molecule has 52 heavy (non-hydrogen) atoms. The molecule has 0 bridgehead atoms. The Bertz CT molecular complexity index is 2480. The first-order valence-electron chi connectivity index (χ1n) is 17.2. The van der Waals surface area contributed by atoms with E-state index in [2.05, 4.69) is 47.6 Å². The van der Waals surface area contributed by atoms with Crippen LogP contribution in [0.4, 0.5) is 4.39 Å². The molecule has 0 saturated heterocycles. The summed E-state index contributed by atoms with van der Waals surface area (Å²) in [6.07, 6.45) is 7.31. The Hall–Kier alpha value is -5.64. The van der Waals surface area contributed by atoms with Gasteiger partial charge in [0.25, 0.3) is 0 Å². The van der Waals surface area contributed by atoms with Gasteiger partial charge in [-0.05, 0) is 71.6 Å². The third kappa shape index (κ3) is 5.95. The summed E-state index contributed by atoms with van der Waals surface area (Å²) < 4.78 is 44.7. The van der Waals surface area contributed by atoms with E-state index in [4.69, 9.17) is 5.10 Å². The minimum Gasteiger partial charge on any atom is -0.298 e. The van der Waals surface area contributed by atoms with E-state index in [0.717, 1.165) is 56.0 Å². The van der Waals surface area contributed by atoms with Gasteiger partial charge in [0.05, 0.1) is 22.5 Å². The van der Waals surface area contributed by atoms with Crippen LogP contribution in [0, 0.1) is 5.82 Å². The first-order valence-corrected chi connectivity index (χ1v) is 19.7. The number of rotatable bonds is 11. The van der Waals surface area contributed by atoms with E-state index < -0.39 is 15.4 Å². The Morgan fingerprint density at radius 2 is 1.31 bits per heavy atom. The zero-order chi connectivity index (χ0) is 35.7. The molecule has 0 aliphatic rings. The standard InChI is InChI=1S/C43H35FN4O2S2/c1-2-3-27-52(49,50)41-26-24-39(51-41)38-28-45-40-25-21-32(29-47(38)40)37-30-48(46-42(37)31-19-22-36(44)23-20-31)43(33-13-7-4-8-14-33,34-15-9-5-10-16-34)35-17-11-6-12-18-35/h4-26,28-30H,2-3,27H2,1H3. The van der Waals surface area contributed by atoms with Crippen molar-refractivity contribution in [1.29, 1.82) is 0 Å². The summed E-state index contributed by atoms with van der Waals surface area (Å²) in [5.74, 6) is -0.193. The SMILES string of the molecule is CCCCS(=O)(=O)c1ccc(-c2cnc3ccc(-c4cn(C(c5ccccc5)(c5ccccc5)c5ccccc5)nc4-c4ccc(F)cc4)cn23)s1. The van der Waals surface area contributed by atoms with Crippen molar-refractivity contribution in [1.82, 2.24) is 19.2 Å². The van der Waals surface area contributed by atoms with Gasteiger partial charge in [-0.2, -0.15) is 5.10 Å². The molecule has 0 saturated carbocycles. The molecule has 4 heterocycles. The van der Waals surface area contributed by atoms with E-state index in [-0.39, 0.29) is 11.6 Å². The average Bonchev–Trinajstić information content (AvgIpc) is 3.96. The molecule has 0 spiro atoms. The van der Waals surface area contributed by atoms with E-state index in [1.54, 1.807) is 24.4 Å². The molecule has 0 radical (unpaired) electrons. The molecule has 8 aromatic rings. The monoisotopic (exact) mass is 722 g/mol. The van der Waals surface area contributed by atoms with Crippen molar-refractivity contribution in [3.8, 4) is 33.0 Å². The number of hydrogen-bond acceptors (Lipinski definition) is 5. The number of pyridine rings is 1. The van der Waals surface area contributed by atoms with E-state index in [0.29, 0.717) is 16.3 Å². The van der Waals surface area contributed by atoms with Gasteiger partial charge >= 0.3 is 0 Å². The molecule has 0 aliphatic heterocycles. The van der Waals surface area contributed by atoms with Gasteiger partial charge < -0.3 is 0 Å². The van der Waals surface area contributed by atoms with Crippen LogP contribution in [-0.4, -0.2) is 33.3 Å². The highest BCUT2D eigenvalue weighted by Crippen LogP contribution is 2.43. The molecule has 0 amide bonds. The lowest BCUT2D eigenvalue weighted by atomic mass is 9.77. The summed E-state index contributed by atoms with van der Waals surface area (Å²) in [7, 11) is -3.37. The molecule has 4 aromatic carbocycles. The number of unbranched alkanes of at least 4 members (excludes halogenated alkanes) is 1. The second kappa shape index (κ2) is 13.8. The van der Waals surface area contributed by atoms with Crippen LogP contribution in [-0.2, 0) is 15.4 Å². The Labute approximate surface area is 306 Å². The number of sulfone groups is 1. The predicted molar refractivity (Wildman–Crippen MR) is 207 cm³/mol. The van der Waals surface area contributed by atoms with Crippen molar-refractivity contribution in [2.75, 3.05) is 5.75 Å². The number of halogens is 1. The number of nitrogens with zero attached hydrogens (tertiary/aromatic N) is 4. The normalized spacial score (nSPS) is 12.0. The smallest absolute Gasteiger partial charge is 0.187 e. The second-order valence-corrected chi connectivity index (χ2v) is 16.2. The van der Waals surface area contributed by atoms with Crippen LogP contribution in [0.15, 0.2) is 162 Å². The molecule has 0 unspecified atom stereocenters. The maximum Gasteiger partial charge on any atom is 0.187 e. The topological polar surface area (TPSA) is 69.3 Å². The fraction of sp³-hybridized carbons (Fsp3) is 0.116. The maximum atomic E-state index is 14.3. The van der Waals surface area contributed by atoms with E-state index in [1.165, 1.54) is 23.5 Å². The Morgan fingerprint density at radius 1 is 0.712 bits per heavy atom. The van der Waals surface area contributed by atoms with E-state index in [9.17, 15) is 12.8 Å². The van der Waals surface area contributed by atoms with Gasteiger partial charge in [-0.3, -0.25) is 9.08 Å². The summed E-state index contributed by atoms with van der Waals surface area (Å²) in [6, 6.07) is 45.0. The van der Waals surface area contributed by atoms with Crippen molar-refractivity contribution in [3.63, 3.8) is 0 Å².